The van der Waals surface area contributed by atoms with Crippen molar-refractivity contribution >= 4 is 16.0 Å². The number of carbonyl (C=O) groups is 1. The minimum Gasteiger partial charge on any atom is -0.480 e. The van der Waals surface area contributed by atoms with Crippen LogP contribution >= 0.6 is 0 Å². The van der Waals surface area contributed by atoms with Gasteiger partial charge in [0.05, 0.1) is 5.75 Å². The quantitative estimate of drug-likeness (QED) is 0.836. The third kappa shape index (κ3) is 2.69. The number of hydrogen-bond acceptors (Lipinski definition) is 3. The van der Waals surface area contributed by atoms with Crippen molar-refractivity contribution in [1.29, 1.82) is 0 Å². The van der Waals surface area contributed by atoms with Gasteiger partial charge in [-0.3, -0.25) is 4.79 Å². The number of rotatable bonds is 4. The average molecular weight is 281 g/mol. The van der Waals surface area contributed by atoms with Crippen LogP contribution < -0.4 is 0 Å². The monoisotopic (exact) mass is 281 g/mol. The molecule has 5 nitrogen and oxygen atoms in total. The van der Waals surface area contributed by atoms with Gasteiger partial charge in [0.1, 0.15) is 6.04 Å². The van der Waals surface area contributed by atoms with Crippen molar-refractivity contribution in [2.75, 3.05) is 5.75 Å². The first kappa shape index (κ1) is 13.8. The summed E-state index contributed by atoms with van der Waals surface area (Å²) >= 11 is 0. The molecule has 0 aromatic heterocycles. The Morgan fingerprint density at radius 1 is 1.42 bits per heavy atom. The largest absolute Gasteiger partial charge is 0.480 e. The van der Waals surface area contributed by atoms with Gasteiger partial charge in [0.15, 0.2) is 0 Å². The van der Waals surface area contributed by atoms with E-state index in [1.807, 2.05) is 24.3 Å². The maximum atomic E-state index is 12.1. The van der Waals surface area contributed by atoms with E-state index in [1.54, 1.807) is 0 Å². The van der Waals surface area contributed by atoms with Crippen LogP contribution in [-0.4, -0.2) is 35.6 Å². The van der Waals surface area contributed by atoms with E-state index in [0.717, 1.165) is 15.4 Å². The minimum atomic E-state index is -3.64. The van der Waals surface area contributed by atoms with Crippen LogP contribution in [0.15, 0.2) is 36.9 Å². The normalized spacial score (nSPS) is 19.7. The predicted molar refractivity (Wildman–Crippen MR) is 71.1 cm³/mol. The summed E-state index contributed by atoms with van der Waals surface area (Å²) in [6.07, 6.45) is 1.47. The van der Waals surface area contributed by atoms with Crippen molar-refractivity contribution in [3.05, 3.63) is 48.0 Å². The van der Waals surface area contributed by atoms with Crippen LogP contribution in [0.3, 0.4) is 0 Å². The summed E-state index contributed by atoms with van der Waals surface area (Å²) in [5, 5.41) is 9.23. The lowest BCUT2D eigenvalue weighted by molar-refractivity contribution is -0.141. The molecule has 0 bridgehead atoms. The number of carboxylic acid groups (broad SMARTS) is 1. The second-order valence-corrected chi connectivity index (χ2v) is 6.41. The van der Waals surface area contributed by atoms with Crippen LogP contribution in [0.1, 0.15) is 11.1 Å². The van der Waals surface area contributed by atoms with Crippen molar-refractivity contribution in [3.8, 4) is 0 Å². The highest BCUT2D eigenvalue weighted by atomic mass is 32.2. The SMILES string of the molecule is C=CCS(=O)(=O)N1Cc2ccccc2C[C@@H]1C(=O)O. The van der Waals surface area contributed by atoms with Gasteiger partial charge in [-0.05, 0) is 11.1 Å². The summed E-state index contributed by atoms with van der Waals surface area (Å²) in [5.74, 6) is -1.37. The van der Waals surface area contributed by atoms with E-state index < -0.39 is 22.0 Å². The van der Waals surface area contributed by atoms with E-state index in [0.29, 0.717) is 0 Å². The first-order chi connectivity index (χ1) is 8.95. The molecule has 1 atom stereocenters. The van der Waals surface area contributed by atoms with Crippen molar-refractivity contribution in [2.45, 2.75) is 19.0 Å². The van der Waals surface area contributed by atoms with Gasteiger partial charge in [-0.1, -0.05) is 30.3 Å². The second kappa shape index (κ2) is 5.14. The zero-order valence-corrected chi connectivity index (χ0v) is 11.1. The van der Waals surface area contributed by atoms with Gasteiger partial charge in [0.2, 0.25) is 10.0 Å². The highest BCUT2D eigenvalue weighted by molar-refractivity contribution is 7.89. The van der Waals surface area contributed by atoms with Gasteiger partial charge in [-0.2, -0.15) is 4.31 Å². The third-order valence-corrected chi connectivity index (χ3v) is 4.93. The molecule has 1 aliphatic rings. The van der Waals surface area contributed by atoms with Crippen molar-refractivity contribution < 1.29 is 18.3 Å². The highest BCUT2D eigenvalue weighted by Crippen LogP contribution is 2.26. The standard InChI is InChI=1S/C13H15NO4S/c1-2-7-19(17,18)14-9-11-6-4-3-5-10(11)8-12(14)13(15)16/h2-6,12H,1,7-9H2,(H,15,16)/t12-/m1/s1. The molecule has 6 heteroatoms. The molecule has 2 rings (SSSR count). The highest BCUT2D eigenvalue weighted by Gasteiger charge is 2.37. The van der Waals surface area contributed by atoms with Crippen LogP contribution in [0.5, 0.6) is 0 Å². The van der Waals surface area contributed by atoms with Crippen LogP contribution in [0.25, 0.3) is 0 Å². The Labute approximate surface area is 112 Å². The average Bonchev–Trinajstić information content (AvgIpc) is 2.37. The van der Waals surface area contributed by atoms with Gasteiger partial charge in [0, 0.05) is 13.0 Å². The number of hydrogen-bond donors (Lipinski definition) is 1. The Kier molecular flexibility index (Phi) is 3.73. The fourth-order valence-corrected chi connectivity index (χ4v) is 3.62. The van der Waals surface area contributed by atoms with E-state index in [4.69, 9.17) is 0 Å². The molecule has 0 unspecified atom stereocenters. The molecule has 19 heavy (non-hydrogen) atoms. The van der Waals surface area contributed by atoms with E-state index in [2.05, 4.69) is 6.58 Å². The summed E-state index contributed by atoms with van der Waals surface area (Å²) < 4.78 is 25.3. The molecule has 102 valence electrons. The van der Waals surface area contributed by atoms with E-state index in [9.17, 15) is 18.3 Å². The first-order valence-electron chi connectivity index (χ1n) is 5.85. The lowest BCUT2D eigenvalue weighted by Gasteiger charge is -2.33. The fraction of sp³-hybridized carbons (Fsp3) is 0.308. The summed E-state index contributed by atoms with van der Waals surface area (Å²) in [5.41, 5.74) is 1.74. The lowest BCUT2D eigenvalue weighted by atomic mass is 9.96. The summed E-state index contributed by atoms with van der Waals surface area (Å²) in [6.45, 7) is 3.50. The Morgan fingerprint density at radius 2 is 2.05 bits per heavy atom. The molecule has 0 spiro atoms. The smallest absolute Gasteiger partial charge is 0.322 e. The molecule has 1 aromatic carbocycles. The molecule has 1 aromatic rings. The van der Waals surface area contributed by atoms with Crippen LogP contribution in [0.2, 0.25) is 0 Å². The topological polar surface area (TPSA) is 74.7 Å². The second-order valence-electron chi connectivity index (χ2n) is 4.44. The molecule has 0 fully saturated rings. The Hall–Kier alpha value is -1.66. The number of aliphatic carboxylic acids is 1. The van der Waals surface area contributed by atoms with Gasteiger partial charge < -0.3 is 5.11 Å². The predicted octanol–water partition coefficient (Wildman–Crippen LogP) is 1.01. The van der Waals surface area contributed by atoms with E-state index >= 15 is 0 Å². The lowest BCUT2D eigenvalue weighted by Crippen LogP contribution is -2.49. The number of nitrogens with zero attached hydrogens (tertiary/aromatic N) is 1. The molecular formula is C13H15NO4S. The van der Waals surface area contributed by atoms with Crippen molar-refractivity contribution in [2.24, 2.45) is 0 Å². The molecule has 0 amide bonds. The molecule has 0 radical (unpaired) electrons. The van der Waals surface area contributed by atoms with Crippen molar-refractivity contribution in [3.63, 3.8) is 0 Å². The zero-order valence-electron chi connectivity index (χ0n) is 10.3. The minimum absolute atomic E-state index is 0.101. The summed E-state index contributed by atoms with van der Waals surface area (Å²) in [4.78, 5) is 11.3. The molecule has 0 saturated carbocycles. The third-order valence-electron chi connectivity index (χ3n) is 3.18. The molecule has 1 aliphatic heterocycles. The van der Waals surface area contributed by atoms with Crippen molar-refractivity contribution in [1.82, 2.24) is 4.31 Å². The van der Waals surface area contributed by atoms with E-state index in [-0.39, 0.29) is 18.7 Å². The van der Waals surface area contributed by atoms with Gasteiger partial charge >= 0.3 is 5.97 Å². The molecule has 1 N–H and O–H groups in total. The van der Waals surface area contributed by atoms with Gasteiger partial charge in [0.25, 0.3) is 0 Å². The van der Waals surface area contributed by atoms with Crippen LogP contribution in [0.4, 0.5) is 0 Å². The first-order valence-corrected chi connectivity index (χ1v) is 7.46. The molecule has 0 aliphatic carbocycles. The Morgan fingerprint density at radius 3 is 2.63 bits per heavy atom. The number of benzene rings is 1. The number of fused-ring (bicyclic) bond motifs is 1. The summed E-state index contributed by atoms with van der Waals surface area (Å²) in [6, 6.07) is 6.26. The van der Waals surface area contributed by atoms with Crippen LogP contribution in [0, 0.1) is 0 Å². The van der Waals surface area contributed by atoms with E-state index in [1.165, 1.54) is 6.08 Å². The van der Waals surface area contributed by atoms with Crippen LogP contribution in [-0.2, 0) is 27.8 Å². The molecule has 0 saturated heterocycles. The van der Waals surface area contributed by atoms with Gasteiger partial charge in [-0.25, -0.2) is 8.42 Å². The maximum absolute atomic E-state index is 12.1. The number of carboxylic acids is 1. The maximum Gasteiger partial charge on any atom is 0.322 e. The fourth-order valence-electron chi connectivity index (χ4n) is 2.25. The molecular weight excluding hydrogens is 266 g/mol. The van der Waals surface area contributed by atoms with Gasteiger partial charge in [-0.15, -0.1) is 6.58 Å². The zero-order chi connectivity index (χ0) is 14.0. The summed E-state index contributed by atoms with van der Waals surface area (Å²) in [7, 11) is -3.64. The Balaban J connectivity index is 2.43. The number of sulfonamides is 1. The molecule has 1 heterocycles. The Bertz CT molecular complexity index is 609.